The second kappa shape index (κ2) is 3.60. The van der Waals surface area contributed by atoms with Gasteiger partial charge in [-0.05, 0) is 27.7 Å². The average Bonchev–Trinajstić information content (AvgIpc) is 1.57. The van der Waals surface area contributed by atoms with E-state index in [1.165, 1.54) is 12.0 Å². The third-order valence-corrected chi connectivity index (χ3v) is 1.90. The van der Waals surface area contributed by atoms with E-state index >= 15 is 0 Å². The van der Waals surface area contributed by atoms with Gasteiger partial charge in [0.1, 0.15) is 5.72 Å². The largest absolute Gasteiger partial charge is 0.303 e. The highest BCUT2D eigenvalue weighted by Crippen LogP contribution is 2.34. The first-order valence-electron chi connectivity index (χ1n) is 3.05. The minimum absolute atomic E-state index is 0.0917. The lowest BCUT2D eigenvalue weighted by Crippen LogP contribution is -2.33. The number of hydrogen-bond donors (Lipinski definition) is 1. The van der Waals surface area contributed by atoms with E-state index in [0.717, 1.165) is 0 Å². The molecule has 0 bridgehead atoms. The molecule has 2 N–H and O–H groups in total. The van der Waals surface area contributed by atoms with E-state index in [0.29, 0.717) is 0 Å². The van der Waals surface area contributed by atoms with Crippen LogP contribution in [0.1, 0.15) is 27.7 Å². The van der Waals surface area contributed by atoms with Crippen LogP contribution in [0.4, 0.5) is 0 Å². The molecule has 0 fully saturated rings. The van der Waals surface area contributed by atoms with Gasteiger partial charge in [0, 0.05) is 12.0 Å². The van der Waals surface area contributed by atoms with E-state index in [1.54, 1.807) is 0 Å². The van der Waals surface area contributed by atoms with Crippen molar-refractivity contribution in [2.75, 3.05) is 0 Å². The van der Waals surface area contributed by atoms with Crippen LogP contribution in [-0.4, -0.2) is 8.48 Å². The lowest BCUT2D eigenvalue weighted by molar-refractivity contribution is 0.148. The molecule has 0 spiro atoms. The highest BCUT2D eigenvalue weighted by atomic mass is 127. The van der Waals surface area contributed by atoms with Gasteiger partial charge in [-0.3, -0.25) is 4.18 Å². The Labute approximate surface area is 80.6 Å². The number of alkyl halides is 1. The molecule has 4 heteroatoms. The van der Waals surface area contributed by atoms with Crippen molar-refractivity contribution in [2.24, 2.45) is 5.73 Å². The standard InChI is InChI=1S/C6H14INOS/c1-5(2,7)10-9-6(3,4)8/h8H2,1-4H3. The summed E-state index contributed by atoms with van der Waals surface area (Å²) in [6.45, 7) is 7.82. The quantitative estimate of drug-likeness (QED) is 0.372. The summed E-state index contributed by atoms with van der Waals surface area (Å²) in [7, 11) is 0. The van der Waals surface area contributed by atoms with Crippen molar-refractivity contribution in [3.05, 3.63) is 0 Å². The van der Waals surface area contributed by atoms with Gasteiger partial charge in [0.05, 0.1) is 2.75 Å². The van der Waals surface area contributed by atoms with Crippen molar-refractivity contribution in [1.82, 2.24) is 0 Å². The van der Waals surface area contributed by atoms with Crippen molar-refractivity contribution in [3.63, 3.8) is 0 Å². The zero-order valence-corrected chi connectivity index (χ0v) is 9.75. The molecular formula is C6H14INOS. The summed E-state index contributed by atoms with van der Waals surface area (Å²) in [6.07, 6.45) is 0. The highest BCUT2D eigenvalue weighted by molar-refractivity contribution is 14.1. The van der Waals surface area contributed by atoms with Gasteiger partial charge in [-0.2, -0.15) is 0 Å². The summed E-state index contributed by atoms with van der Waals surface area (Å²) in [4.78, 5) is 0. The van der Waals surface area contributed by atoms with E-state index in [2.05, 4.69) is 36.4 Å². The zero-order valence-electron chi connectivity index (χ0n) is 6.77. The topological polar surface area (TPSA) is 35.2 Å². The second-order valence-electron chi connectivity index (χ2n) is 3.13. The third kappa shape index (κ3) is 9.00. The molecule has 0 amide bonds. The van der Waals surface area contributed by atoms with Gasteiger partial charge in [-0.1, -0.05) is 22.6 Å². The van der Waals surface area contributed by atoms with Crippen LogP contribution < -0.4 is 5.73 Å². The summed E-state index contributed by atoms with van der Waals surface area (Å²) in [5, 5.41) is 0. The molecule has 0 unspecified atom stereocenters. The van der Waals surface area contributed by atoms with Crippen LogP contribution in [0.3, 0.4) is 0 Å². The maximum atomic E-state index is 5.60. The van der Waals surface area contributed by atoms with Gasteiger partial charge < -0.3 is 5.73 Å². The summed E-state index contributed by atoms with van der Waals surface area (Å²) in [5.74, 6) is 0. The van der Waals surface area contributed by atoms with Crippen LogP contribution in [-0.2, 0) is 4.18 Å². The molecule has 0 atom stereocenters. The Balaban J connectivity index is 3.56. The SMILES string of the molecule is CC(C)(N)OSC(C)(C)I. The minimum Gasteiger partial charge on any atom is -0.303 e. The van der Waals surface area contributed by atoms with Crippen LogP contribution >= 0.6 is 34.6 Å². The van der Waals surface area contributed by atoms with Gasteiger partial charge in [0.2, 0.25) is 0 Å². The monoisotopic (exact) mass is 275 g/mol. The van der Waals surface area contributed by atoms with E-state index in [4.69, 9.17) is 9.92 Å². The molecule has 0 aromatic carbocycles. The summed E-state index contributed by atoms with van der Waals surface area (Å²) < 4.78 is 5.37. The van der Waals surface area contributed by atoms with Gasteiger partial charge in [-0.15, -0.1) is 0 Å². The molecule has 2 nitrogen and oxygen atoms in total. The molecule has 62 valence electrons. The van der Waals surface area contributed by atoms with E-state index in [-0.39, 0.29) is 2.75 Å². The van der Waals surface area contributed by atoms with Crippen molar-refractivity contribution < 1.29 is 4.18 Å². The highest BCUT2D eigenvalue weighted by Gasteiger charge is 2.19. The molecule has 0 heterocycles. The summed E-state index contributed by atoms with van der Waals surface area (Å²) in [5.41, 5.74) is 5.06. The minimum atomic E-state index is -0.535. The summed E-state index contributed by atoms with van der Waals surface area (Å²) in [6, 6.07) is 0. The van der Waals surface area contributed by atoms with Crippen LogP contribution in [0, 0.1) is 0 Å². The molecule has 0 aliphatic rings. The van der Waals surface area contributed by atoms with Gasteiger partial charge >= 0.3 is 0 Å². The Bertz CT molecular complexity index is 91.3. The summed E-state index contributed by atoms with van der Waals surface area (Å²) >= 11 is 3.70. The molecule has 0 rings (SSSR count). The fourth-order valence-corrected chi connectivity index (χ4v) is 0.889. The van der Waals surface area contributed by atoms with Gasteiger partial charge in [0.25, 0.3) is 0 Å². The molecule has 0 aliphatic heterocycles. The van der Waals surface area contributed by atoms with Crippen LogP contribution in [0.25, 0.3) is 0 Å². The molecule has 0 saturated heterocycles. The van der Waals surface area contributed by atoms with Crippen LogP contribution in [0.2, 0.25) is 0 Å². The Hall–Kier alpha value is 1.00. The molecule has 0 aliphatic carbocycles. The molecule has 0 aromatic rings. The van der Waals surface area contributed by atoms with E-state index in [9.17, 15) is 0 Å². The fraction of sp³-hybridized carbons (Fsp3) is 1.00. The Morgan fingerprint density at radius 2 is 1.70 bits per heavy atom. The van der Waals surface area contributed by atoms with Crippen molar-refractivity contribution in [3.8, 4) is 0 Å². The molecular weight excluding hydrogens is 261 g/mol. The molecule has 0 radical (unpaired) electrons. The average molecular weight is 275 g/mol. The normalized spacial score (nSPS) is 13.8. The van der Waals surface area contributed by atoms with Gasteiger partial charge in [0.15, 0.2) is 0 Å². The second-order valence-corrected chi connectivity index (χ2v) is 7.92. The van der Waals surface area contributed by atoms with Crippen molar-refractivity contribution in [2.45, 2.75) is 36.2 Å². The number of halogens is 1. The van der Waals surface area contributed by atoms with Crippen LogP contribution in [0.15, 0.2) is 0 Å². The smallest absolute Gasteiger partial charge is 0.125 e. The van der Waals surface area contributed by atoms with Crippen molar-refractivity contribution >= 4 is 34.6 Å². The molecule has 0 aromatic heterocycles. The maximum Gasteiger partial charge on any atom is 0.125 e. The number of rotatable bonds is 3. The predicted molar refractivity (Wildman–Crippen MR) is 55.0 cm³/mol. The lowest BCUT2D eigenvalue weighted by atomic mass is 10.4. The third-order valence-electron chi connectivity index (χ3n) is 0.455. The van der Waals surface area contributed by atoms with Gasteiger partial charge in [-0.25, -0.2) is 0 Å². The maximum absolute atomic E-state index is 5.60. The first-order chi connectivity index (χ1) is 4.21. The number of hydrogen-bond acceptors (Lipinski definition) is 3. The Kier molecular flexibility index (Phi) is 3.96. The molecule has 10 heavy (non-hydrogen) atoms. The Morgan fingerprint density at radius 1 is 1.30 bits per heavy atom. The first kappa shape index (κ1) is 11.0. The van der Waals surface area contributed by atoms with E-state index in [1.807, 2.05) is 13.8 Å². The van der Waals surface area contributed by atoms with E-state index < -0.39 is 5.72 Å². The Morgan fingerprint density at radius 3 is 1.80 bits per heavy atom. The van der Waals surface area contributed by atoms with Crippen LogP contribution in [0.5, 0.6) is 0 Å². The zero-order chi connectivity index (χ0) is 8.41. The van der Waals surface area contributed by atoms with Crippen molar-refractivity contribution in [1.29, 1.82) is 0 Å². The first-order valence-corrected chi connectivity index (χ1v) is 4.87. The number of nitrogens with two attached hydrogens (primary N) is 1. The molecule has 0 saturated carbocycles. The predicted octanol–water partition coefficient (Wildman–Crippen LogP) is 2.52. The lowest BCUT2D eigenvalue weighted by Gasteiger charge is -2.23. The fourth-order valence-electron chi connectivity index (χ4n) is 0.206.